The fourth-order valence-electron chi connectivity index (χ4n) is 2.30. The van der Waals surface area contributed by atoms with Gasteiger partial charge < -0.3 is 10.2 Å². The number of hydrogen-bond acceptors (Lipinski definition) is 4. The Labute approximate surface area is 149 Å². The van der Waals surface area contributed by atoms with Gasteiger partial charge in [-0.05, 0) is 24.6 Å². The largest absolute Gasteiger partial charge is 0.372 e. The molecule has 0 aliphatic rings. The number of anilines is 1. The van der Waals surface area contributed by atoms with E-state index in [1.165, 1.54) is 18.2 Å². The van der Waals surface area contributed by atoms with E-state index in [0.29, 0.717) is 25.2 Å². The van der Waals surface area contributed by atoms with Gasteiger partial charge in [0.1, 0.15) is 5.82 Å². The second kappa shape index (κ2) is 8.43. The number of nitrogens with zero attached hydrogens (tertiary/aromatic N) is 2. The highest BCUT2D eigenvalue weighted by Gasteiger charge is 2.14. The van der Waals surface area contributed by atoms with Crippen molar-refractivity contribution in [3.63, 3.8) is 0 Å². The zero-order valence-corrected chi connectivity index (χ0v) is 14.3. The molecule has 0 atom stereocenters. The Kier molecular flexibility index (Phi) is 6.30. The Bertz CT molecular complexity index is 785. The summed E-state index contributed by atoms with van der Waals surface area (Å²) in [7, 11) is 1.77. The van der Waals surface area contributed by atoms with Gasteiger partial charge in [0.15, 0.2) is 0 Å². The number of nitrogens with one attached hydrogen (secondary N) is 1. The van der Waals surface area contributed by atoms with E-state index in [-0.39, 0.29) is 22.1 Å². The molecule has 0 aliphatic carbocycles. The molecule has 2 rings (SSSR count). The Morgan fingerprint density at radius 3 is 2.68 bits per heavy atom. The Hall–Kier alpha value is -2.67. The minimum Gasteiger partial charge on any atom is -0.372 e. The van der Waals surface area contributed by atoms with Crippen LogP contribution in [0.4, 0.5) is 15.8 Å². The van der Waals surface area contributed by atoms with Crippen molar-refractivity contribution in [2.45, 2.75) is 6.42 Å². The Morgan fingerprint density at radius 1 is 1.32 bits per heavy atom. The predicted octanol–water partition coefficient (Wildman–Crippen LogP) is 3.64. The molecular weight excluding hydrogens is 349 g/mol. The first-order valence-electron chi connectivity index (χ1n) is 7.58. The normalized spacial score (nSPS) is 10.4. The summed E-state index contributed by atoms with van der Waals surface area (Å²) < 4.78 is 13.7. The summed E-state index contributed by atoms with van der Waals surface area (Å²) in [5.41, 5.74) is 0.495. The lowest BCUT2D eigenvalue weighted by molar-refractivity contribution is -0.384. The fourth-order valence-corrected chi connectivity index (χ4v) is 2.56. The number of carbonyl (C=O) groups excluding carboxylic acids is 1. The van der Waals surface area contributed by atoms with Gasteiger partial charge >= 0.3 is 0 Å². The van der Waals surface area contributed by atoms with Crippen LogP contribution in [0.3, 0.4) is 0 Å². The number of non-ortho nitro benzene ring substituents is 1. The second-order valence-corrected chi connectivity index (χ2v) is 5.81. The molecule has 0 radical (unpaired) electrons. The maximum Gasteiger partial charge on any atom is 0.270 e. The molecule has 1 N–H and O–H groups in total. The van der Waals surface area contributed by atoms with Crippen LogP contribution in [0.1, 0.15) is 16.8 Å². The number of nitro benzene ring substituents is 1. The zero-order chi connectivity index (χ0) is 18.4. The number of amides is 1. The molecule has 0 aliphatic heterocycles. The number of benzene rings is 2. The molecule has 132 valence electrons. The summed E-state index contributed by atoms with van der Waals surface area (Å²) in [4.78, 5) is 23.9. The minimum atomic E-state index is -0.577. The summed E-state index contributed by atoms with van der Waals surface area (Å²) in [6.45, 7) is 0.917. The molecule has 25 heavy (non-hydrogen) atoms. The van der Waals surface area contributed by atoms with Crippen LogP contribution in [0.5, 0.6) is 0 Å². The molecule has 0 saturated heterocycles. The molecule has 1 amide bonds. The molecule has 0 heterocycles. The van der Waals surface area contributed by atoms with E-state index in [1.807, 2.05) is 0 Å². The molecule has 0 saturated carbocycles. The van der Waals surface area contributed by atoms with Crippen molar-refractivity contribution in [3.05, 3.63) is 69.0 Å². The van der Waals surface area contributed by atoms with Gasteiger partial charge in [-0.15, -0.1) is 0 Å². The fraction of sp³-hybridized carbons (Fsp3) is 0.235. The number of para-hydroxylation sites is 1. The lowest BCUT2D eigenvalue weighted by atomic mass is 10.2. The molecular formula is C17H17ClFN3O3. The van der Waals surface area contributed by atoms with Gasteiger partial charge in [0.25, 0.3) is 11.6 Å². The SMILES string of the molecule is CN(CCCNC(=O)c1ccc([N+](=O)[O-])cc1Cl)c1ccccc1F. The summed E-state index contributed by atoms with van der Waals surface area (Å²) in [6.07, 6.45) is 0.598. The summed E-state index contributed by atoms with van der Waals surface area (Å²) >= 11 is 5.91. The summed E-state index contributed by atoms with van der Waals surface area (Å²) in [6, 6.07) is 10.2. The van der Waals surface area contributed by atoms with Crippen molar-refractivity contribution < 1.29 is 14.1 Å². The predicted molar refractivity (Wildman–Crippen MR) is 94.7 cm³/mol. The van der Waals surface area contributed by atoms with Gasteiger partial charge in [0.2, 0.25) is 0 Å². The van der Waals surface area contributed by atoms with Crippen LogP contribution in [0.2, 0.25) is 5.02 Å². The van der Waals surface area contributed by atoms with Crippen molar-refractivity contribution in [2.75, 3.05) is 25.0 Å². The van der Waals surface area contributed by atoms with E-state index in [4.69, 9.17) is 11.6 Å². The molecule has 0 spiro atoms. The van der Waals surface area contributed by atoms with Gasteiger partial charge in [0.05, 0.1) is 21.2 Å². The van der Waals surface area contributed by atoms with Crippen molar-refractivity contribution in [1.29, 1.82) is 0 Å². The van der Waals surface area contributed by atoms with Crippen LogP contribution in [0.25, 0.3) is 0 Å². The van der Waals surface area contributed by atoms with E-state index in [9.17, 15) is 19.3 Å². The minimum absolute atomic E-state index is 0.0233. The summed E-state index contributed by atoms with van der Waals surface area (Å²) in [5, 5.41) is 13.4. The van der Waals surface area contributed by atoms with Crippen LogP contribution >= 0.6 is 11.6 Å². The first-order chi connectivity index (χ1) is 11.9. The molecule has 0 bridgehead atoms. The van der Waals surface area contributed by atoms with Crippen molar-refractivity contribution in [3.8, 4) is 0 Å². The summed E-state index contributed by atoms with van der Waals surface area (Å²) in [5.74, 6) is -0.708. The van der Waals surface area contributed by atoms with Crippen LogP contribution < -0.4 is 10.2 Å². The molecule has 6 nitrogen and oxygen atoms in total. The molecule has 8 heteroatoms. The topological polar surface area (TPSA) is 75.5 Å². The van der Waals surface area contributed by atoms with Crippen molar-refractivity contribution >= 4 is 28.9 Å². The Morgan fingerprint density at radius 2 is 2.04 bits per heavy atom. The van der Waals surface area contributed by atoms with E-state index in [1.54, 1.807) is 30.1 Å². The highest BCUT2D eigenvalue weighted by atomic mass is 35.5. The number of hydrogen-bond donors (Lipinski definition) is 1. The van der Waals surface area contributed by atoms with Crippen LogP contribution in [0.15, 0.2) is 42.5 Å². The highest BCUT2D eigenvalue weighted by molar-refractivity contribution is 6.34. The van der Waals surface area contributed by atoms with E-state index >= 15 is 0 Å². The number of carbonyl (C=O) groups is 1. The number of halogens is 2. The zero-order valence-electron chi connectivity index (χ0n) is 13.5. The van der Waals surface area contributed by atoms with Gasteiger partial charge in [-0.1, -0.05) is 23.7 Å². The van der Waals surface area contributed by atoms with Crippen LogP contribution in [0, 0.1) is 15.9 Å². The molecule has 0 fully saturated rings. The lowest BCUT2D eigenvalue weighted by Gasteiger charge is -2.19. The Balaban J connectivity index is 1.85. The van der Waals surface area contributed by atoms with Crippen LogP contribution in [-0.2, 0) is 0 Å². The van der Waals surface area contributed by atoms with Crippen LogP contribution in [-0.4, -0.2) is 31.0 Å². The van der Waals surface area contributed by atoms with Crippen molar-refractivity contribution in [1.82, 2.24) is 5.32 Å². The quantitative estimate of drug-likeness (QED) is 0.461. The van der Waals surface area contributed by atoms with E-state index in [2.05, 4.69) is 5.32 Å². The molecule has 0 unspecified atom stereocenters. The maximum atomic E-state index is 13.7. The third-order valence-corrected chi connectivity index (χ3v) is 3.94. The third kappa shape index (κ3) is 4.90. The lowest BCUT2D eigenvalue weighted by Crippen LogP contribution is -2.28. The standard InChI is InChI=1S/C17H17ClFN3O3/c1-21(16-6-3-2-5-15(16)19)10-4-9-20-17(23)13-8-7-12(22(24)25)11-14(13)18/h2-3,5-8,11H,4,9-10H2,1H3,(H,20,23). The average molecular weight is 366 g/mol. The second-order valence-electron chi connectivity index (χ2n) is 5.40. The first-order valence-corrected chi connectivity index (χ1v) is 7.95. The monoisotopic (exact) mass is 365 g/mol. The number of nitro groups is 1. The highest BCUT2D eigenvalue weighted by Crippen LogP contribution is 2.22. The smallest absolute Gasteiger partial charge is 0.270 e. The molecule has 2 aromatic carbocycles. The van der Waals surface area contributed by atoms with Gasteiger partial charge in [-0.25, -0.2) is 4.39 Å². The molecule has 2 aromatic rings. The van der Waals surface area contributed by atoms with Gasteiger partial charge in [-0.3, -0.25) is 14.9 Å². The third-order valence-electron chi connectivity index (χ3n) is 3.63. The van der Waals surface area contributed by atoms with Gasteiger partial charge in [-0.2, -0.15) is 0 Å². The first kappa shape index (κ1) is 18.7. The number of rotatable bonds is 7. The van der Waals surface area contributed by atoms with Gasteiger partial charge in [0, 0.05) is 32.3 Å². The average Bonchev–Trinajstić information content (AvgIpc) is 2.58. The molecule has 0 aromatic heterocycles. The van der Waals surface area contributed by atoms with E-state index in [0.717, 1.165) is 6.07 Å². The van der Waals surface area contributed by atoms with E-state index < -0.39 is 10.8 Å². The van der Waals surface area contributed by atoms with Crippen molar-refractivity contribution in [2.24, 2.45) is 0 Å². The maximum absolute atomic E-state index is 13.7.